The Labute approximate surface area is 61.4 Å². The van der Waals surface area contributed by atoms with Crippen molar-refractivity contribution in [2.45, 2.75) is 18.9 Å². The van der Waals surface area contributed by atoms with Crippen LogP contribution in [0.4, 0.5) is 0 Å². The maximum atomic E-state index is 10.4. The standard InChI is InChI=1S/C5H10N2O.H2S/c6-5(8)4-2-1-3-7-4;/h4,7H,1-3H2,(H2,6,8);1H2. The highest BCUT2D eigenvalue weighted by Gasteiger charge is 2.18. The summed E-state index contributed by atoms with van der Waals surface area (Å²) in [7, 11) is 0. The Bertz CT molecular complexity index is 101. The van der Waals surface area contributed by atoms with Gasteiger partial charge >= 0.3 is 0 Å². The Hall–Kier alpha value is -0.220. The molecule has 0 aromatic heterocycles. The molecule has 0 aromatic rings. The number of carbonyl (C=O) groups is 1. The first-order chi connectivity index (χ1) is 3.80. The van der Waals surface area contributed by atoms with Gasteiger partial charge in [-0.15, -0.1) is 0 Å². The molecule has 3 nitrogen and oxygen atoms in total. The lowest BCUT2D eigenvalue weighted by molar-refractivity contribution is -0.119. The minimum absolute atomic E-state index is 0. The number of hydrogen-bond acceptors (Lipinski definition) is 2. The molecule has 0 spiro atoms. The van der Waals surface area contributed by atoms with E-state index >= 15 is 0 Å². The highest BCUT2D eigenvalue weighted by atomic mass is 32.1. The molecule has 1 fully saturated rings. The van der Waals surface area contributed by atoms with Crippen molar-refractivity contribution in [1.29, 1.82) is 0 Å². The van der Waals surface area contributed by atoms with Gasteiger partial charge in [0.25, 0.3) is 0 Å². The van der Waals surface area contributed by atoms with Gasteiger partial charge < -0.3 is 11.1 Å². The van der Waals surface area contributed by atoms with Crippen LogP contribution in [0.5, 0.6) is 0 Å². The van der Waals surface area contributed by atoms with Crippen LogP contribution in [0.3, 0.4) is 0 Å². The smallest absolute Gasteiger partial charge is 0.234 e. The highest BCUT2D eigenvalue weighted by Crippen LogP contribution is 2.02. The first-order valence-electron chi connectivity index (χ1n) is 2.83. The molecule has 3 N–H and O–H groups in total. The van der Waals surface area contributed by atoms with Crippen LogP contribution in [0.2, 0.25) is 0 Å². The zero-order valence-corrected chi connectivity index (χ0v) is 6.18. The lowest BCUT2D eigenvalue weighted by Gasteiger charge is -2.01. The van der Waals surface area contributed by atoms with Gasteiger partial charge in [-0.3, -0.25) is 4.79 Å². The maximum Gasteiger partial charge on any atom is 0.234 e. The second kappa shape index (κ2) is 3.74. The predicted molar refractivity (Wildman–Crippen MR) is 40.6 cm³/mol. The first-order valence-corrected chi connectivity index (χ1v) is 2.83. The summed E-state index contributed by atoms with van der Waals surface area (Å²) in [4.78, 5) is 10.4. The number of primary amides is 1. The molecule has 1 atom stereocenters. The van der Waals surface area contributed by atoms with Crippen LogP contribution in [-0.4, -0.2) is 18.5 Å². The molecule has 1 saturated heterocycles. The Morgan fingerprint density at radius 2 is 2.33 bits per heavy atom. The van der Waals surface area contributed by atoms with E-state index in [9.17, 15) is 4.79 Å². The van der Waals surface area contributed by atoms with Crippen LogP contribution >= 0.6 is 13.5 Å². The summed E-state index contributed by atoms with van der Waals surface area (Å²) < 4.78 is 0. The Morgan fingerprint density at radius 3 is 2.56 bits per heavy atom. The normalized spacial score (nSPS) is 25.1. The molecule has 0 radical (unpaired) electrons. The van der Waals surface area contributed by atoms with Crippen molar-refractivity contribution in [3.63, 3.8) is 0 Å². The number of amides is 1. The van der Waals surface area contributed by atoms with Crippen LogP contribution in [0.1, 0.15) is 12.8 Å². The van der Waals surface area contributed by atoms with Gasteiger partial charge in [-0.2, -0.15) is 13.5 Å². The highest BCUT2D eigenvalue weighted by molar-refractivity contribution is 7.59. The molecule has 9 heavy (non-hydrogen) atoms. The summed E-state index contributed by atoms with van der Waals surface area (Å²) in [5.74, 6) is -0.220. The first kappa shape index (κ1) is 8.78. The van der Waals surface area contributed by atoms with Crippen molar-refractivity contribution >= 4 is 19.4 Å². The van der Waals surface area contributed by atoms with Gasteiger partial charge in [-0.05, 0) is 19.4 Å². The van der Waals surface area contributed by atoms with E-state index in [2.05, 4.69) is 5.32 Å². The lowest BCUT2D eigenvalue weighted by atomic mass is 10.2. The molecule has 0 bridgehead atoms. The molecule has 0 saturated carbocycles. The summed E-state index contributed by atoms with van der Waals surface area (Å²) in [6, 6.07) is -0.0463. The number of nitrogens with two attached hydrogens (primary N) is 1. The van der Waals surface area contributed by atoms with Crippen LogP contribution in [0.25, 0.3) is 0 Å². The van der Waals surface area contributed by atoms with E-state index in [1.165, 1.54) is 0 Å². The van der Waals surface area contributed by atoms with E-state index in [4.69, 9.17) is 5.73 Å². The fourth-order valence-electron chi connectivity index (χ4n) is 0.927. The fraction of sp³-hybridized carbons (Fsp3) is 0.800. The molecule has 1 unspecified atom stereocenters. The SMILES string of the molecule is NC(=O)C1CCCN1.S. The van der Waals surface area contributed by atoms with E-state index in [0.717, 1.165) is 19.4 Å². The second-order valence-electron chi connectivity index (χ2n) is 2.05. The average molecular weight is 148 g/mol. The van der Waals surface area contributed by atoms with E-state index in [0.29, 0.717) is 0 Å². The van der Waals surface area contributed by atoms with Crippen molar-refractivity contribution in [1.82, 2.24) is 5.32 Å². The number of hydrogen-bond donors (Lipinski definition) is 2. The Kier molecular flexibility index (Phi) is 3.65. The van der Waals surface area contributed by atoms with E-state index in [1.807, 2.05) is 0 Å². The van der Waals surface area contributed by atoms with Gasteiger partial charge in [-0.1, -0.05) is 0 Å². The minimum atomic E-state index is -0.220. The zero-order valence-electron chi connectivity index (χ0n) is 5.18. The molecule has 1 rings (SSSR count). The monoisotopic (exact) mass is 148 g/mol. The fourth-order valence-corrected chi connectivity index (χ4v) is 0.927. The largest absolute Gasteiger partial charge is 0.368 e. The molecular formula is C5H12N2OS. The van der Waals surface area contributed by atoms with Crippen molar-refractivity contribution in [3.8, 4) is 0 Å². The third kappa shape index (κ3) is 2.24. The van der Waals surface area contributed by atoms with Crippen LogP contribution in [0.15, 0.2) is 0 Å². The molecule has 1 amide bonds. The number of rotatable bonds is 1. The molecule has 0 aliphatic carbocycles. The molecule has 0 aromatic carbocycles. The molecule has 54 valence electrons. The quantitative estimate of drug-likeness (QED) is 0.518. The third-order valence-electron chi connectivity index (χ3n) is 1.40. The van der Waals surface area contributed by atoms with Crippen LogP contribution < -0.4 is 11.1 Å². The third-order valence-corrected chi connectivity index (χ3v) is 1.40. The van der Waals surface area contributed by atoms with Gasteiger partial charge in [0.1, 0.15) is 0 Å². The predicted octanol–water partition coefficient (Wildman–Crippen LogP) is -0.663. The van der Waals surface area contributed by atoms with E-state index in [-0.39, 0.29) is 25.4 Å². The molecule has 1 heterocycles. The van der Waals surface area contributed by atoms with Gasteiger partial charge in [0, 0.05) is 0 Å². The maximum absolute atomic E-state index is 10.4. The van der Waals surface area contributed by atoms with Crippen molar-refractivity contribution < 1.29 is 4.79 Å². The minimum Gasteiger partial charge on any atom is -0.368 e. The number of nitrogens with one attached hydrogen (secondary N) is 1. The molecule has 1 aliphatic rings. The van der Waals surface area contributed by atoms with Crippen molar-refractivity contribution in [2.75, 3.05) is 6.54 Å². The van der Waals surface area contributed by atoms with Gasteiger partial charge in [0.05, 0.1) is 6.04 Å². The second-order valence-corrected chi connectivity index (χ2v) is 2.05. The molecular weight excluding hydrogens is 136 g/mol. The average Bonchev–Trinajstić information content (AvgIpc) is 2.12. The van der Waals surface area contributed by atoms with E-state index in [1.54, 1.807) is 0 Å². The van der Waals surface area contributed by atoms with Crippen LogP contribution in [0, 0.1) is 0 Å². The summed E-state index contributed by atoms with van der Waals surface area (Å²) >= 11 is 0. The summed E-state index contributed by atoms with van der Waals surface area (Å²) in [6.45, 7) is 0.938. The van der Waals surface area contributed by atoms with Gasteiger partial charge in [0.15, 0.2) is 0 Å². The summed E-state index contributed by atoms with van der Waals surface area (Å²) in [5.41, 5.74) is 5.00. The zero-order chi connectivity index (χ0) is 5.98. The molecule has 1 aliphatic heterocycles. The molecule has 4 heteroatoms. The summed E-state index contributed by atoms with van der Waals surface area (Å²) in [5, 5.41) is 2.98. The topological polar surface area (TPSA) is 55.1 Å². The van der Waals surface area contributed by atoms with Gasteiger partial charge in [-0.25, -0.2) is 0 Å². The van der Waals surface area contributed by atoms with Gasteiger partial charge in [0.2, 0.25) is 5.91 Å². The van der Waals surface area contributed by atoms with Crippen LogP contribution in [-0.2, 0) is 4.79 Å². The Morgan fingerprint density at radius 1 is 1.67 bits per heavy atom. The lowest BCUT2D eigenvalue weighted by Crippen LogP contribution is -2.36. The van der Waals surface area contributed by atoms with Crippen molar-refractivity contribution in [2.24, 2.45) is 5.73 Å². The number of carbonyl (C=O) groups excluding carboxylic acids is 1. The van der Waals surface area contributed by atoms with Crippen molar-refractivity contribution in [3.05, 3.63) is 0 Å². The Balaban J connectivity index is 0.000000640. The van der Waals surface area contributed by atoms with E-state index < -0.39 is 0 Å². The summed E-state index contributed by atoms with van der Waals surface area (Å²) in [6.07, 6.45) is 1.99.